The Bertz CT molecular complexity index is 487. The summed E-state index contributed by atoms with van der Waals surface area (Å²) in [6, 6.07) is 1.67. The van der Waals surface area contributed by atoms with Crippen LogP contribution in [0.25, 0.3) is 11.6 Å². The van der Waals surface area contributed by atoms with Gasteiger partial charge in [-0.15, -0.1) is 0 Å². The Morgan fingerprint density at radius 2 is 2.17 bits per heavy atom. The Kier molecular flexibility index (Phi) is 3.93. The van der Waals surface area contributed by atoms with Gasteiger partial charge in [-0.3, -0.25) is 5.10 Å². The molecule has 2 rings (SSSR count). The number of rotatable bonds is 6. The summed E-state index contributed by atoms with van der Waals surface area (Å²) in [6.07, 6.45) is 0.773. The van der Waals surface area contributed by atoms with Crippen molar-refractivity contribution in [1.82, 2.24) is 25.2 Å². The first-order chi connectivity index (χ1) is 8.72. The number of aromatic nitrogens is 4. The first kappa shape index (κ1) is 12.6. The summed E-state index contributed by atoms with van der Waals surface area (Å²) in [7, 11) is 0. The minimum Gasteiger partial charge on any atom is -0.382 e. The zero-order valence-electron chi connectivity index (χ0n) is 10.7. The third kappa shape index (κ3) is 2.86. The number of nitrogen functional groups attached to an aromatic ring is 1. The summed E-state index contributed by atoms with van der Waals surface area (Å²) in [4.78, 5) is 6.61. The molecular formula is C11H18N6O. The van der Waals surface area contributed by atoms with Crippen molar-refractivity contribution in [3.8, 4) is 11.6 Å². The van der Waals surface area contributed by atoms with Crippen molar-refractivity contribution >= 4 is 5.82 Å². The number of hydrogen-bond acceptors (Lipinski definition) is 6. The summed E-state index contributed by atoms with van der Waals surface area (Å²) >= 11 is 0. The average Bonchev–Trinajstić information content (AvgIpc) is 2.99. The van der Waals surface area contributed by atoms with Crippen molar-refractivity contribution in [1.29, 1.82) is 0 Å². The molecule has 0 spiro atoms. The van der Waals surface area contributed by atoms with Gasteiger partial charge in [0, 0.05) is 19.0 Å². The van der Waals surface area contributed by atoms with Gasteiger partial charge >= 0.3 is 0 Å². The van der Waals surface area contributed by atoms with Crippen molar-refractivity contribution in [3.05, 3.63) is 11.9 Å². The van der Waals surface area contributed by atoms with Crippen molar-refractivity contribution in [2.45, 2.75) is 20.3 Å². The summed E-state index contributed by atoms with van der Waals surface area (Å²) in [5.41, 5.74) is 6.17. The minimum absolute atomic E-state index is 0.410. The molecule has 0 amide bonds. The zero-order valence-corrected chi connectivity index (χ0v) is 10.7. The number of anilines is 1. The molecule has 2 heterocycles. The van der Waals surface area contributed by atoms with E-state index in [9.17, 15) is 0 Å². The predicted octanol–water partition coefficient (Wildman–Crippen LogP) is 0.926. The number of nitrogens with two attached hydrogens (primary N) is 1. The van der Waals surface area contributed by atoms with Crippen LogP contribution in [0.5, 0.6) is 0 Å². The Hall–Kier alpha value is -1.89. The van der Waals surface area contributed by atoms with E-state index in [0.29, 0.717) is 23.2 Å². The summed E-state index contributed by atoms with van der Waals surface area (Å²) in [5, 5.41) is 10.5. The van der Waals surface area contributed by atoms with Gasteiger partial charge in [-0.1, -0.05) is 19.0 Å². The fourth-order valence-electron chi connectivity index (χ4n) is 1.71. The SMILES string of the molecule is CCN(CC)CCc1noc(-c2cc(N)n[nH]2)n1. The van der Waals surface area contributed by atoms with Crippen LogP contribution in [0.3, 0.4) is 0 Å². The number of likely N-dealkylation sites (N-methyl/N-ethyl adjacent to an activating group) is 1. The second-order valence-electron chi connectivity index (χ2n) is 4.00. The van der Waals surface area contributed by atoms with Gasteiger partial charge in [0.2, 0.25) is 0 Å². The molecule has 7 heteroatoms. The van der Waals surface area contributed by atoms with Crippen molar-refractivity contribution in [3.63, 3.8) is 0 Å². The molecule has 0 fully saturated rings. The molecule has 0 radical (unpaired) electrons. The lowest BCUT2D eigenvalue weighted by atomic mass is 10.3. The highest BCUT2D eigenvalue weighted by Gasteiger charge is 2.11. The summed E-state index contributed by atoms with van der Waals surface area (Å²) in [5.74, 6) is 1.53. The molecule has 0 unspecified atom stereocenters. The van der Waals surface area contributed by atoms with E-state index in [1.54, 1.807) is 6.07 Å². The molecule has 0 atom stereocenters. The normalized spacial score (nSPS) is 11.3. The largest absolute Gasteiger partial charge is 0.382 e. The third-order valence-corrected chi connectivity index (χ3v) is 2.84. The number of H-pyrrole nitrogens is 1. The lowest BCUT2D eigenvalue weighted by molar-refractivity contribution is 0.303. The second kappa shape index (κ2) is 5.63. The van der Waals surface area contributed by atoms with Gasteiger partial charge < -0.3 is 15.2 Å². The Morgan fingerprint density at radius 1 is 1.39 bits per heavy atom. The third-order valence-electron chi connectivity index (χ3n) is 2.84. The van der Waals surface area contributed by atoms with Gasteiger partial charge in [0.15, 0.2) is 5.82 Å². The average molecular weight is 250 g/mol. The molecule has 0 saturated carbocycles. The Labute approximate surface area is 105 Å². The van der Waals surface area contributed by atoms with E-state index in [1.165, 1.54) is 0 Å². The second-order valence-corrected chi connectivity index (χ2v) is 4.00. The topological polar surface area (TPSA) is 96.9 Å². The van der Waals surface area contributed by atoms with Crippen LogP contribution in [-0.4, -0.2) is 44.9 Å². The van der Waals surface area contributed by atoms with Gasteiger partial charge in [0.05, 0.1) is 0 Å². The van der Waals surface area contributed by atoms with Gasteiger partial charge in [0.1, 0.15) is 11.5 Å². The van der Waals surface area contributed by atoms with Crippen LogP contribution < -0.4 is 5.73 Å². The van der Waals surface area contributed by atoms with E-state index < -0.39 is 0 Å². The van der Waals surface area contributed by atoms with E-state index in [0.717, 1.165) is 26.1 Å². The van der Waals surface area contributed by atoms with Gasteiger partial charge in [-0.05, 0) is 13.1 Å². The molecule has 98 valence electrons. The molecule has 2 aromatic heterocycles. The summed E-state index contributed by atoms with van der Waals surface area (Å²) in [6.45, 7) is 7.25. The zero-order chi connectivity index (χ0) is 13.0. The molecule has 0 aromatic carbocycles. The first-order valence-electron chi connectivity index (χ1n) is 6.09. The maximum absolute atomic E-state index is 5.52. The monoisotopic (exact) mass is 250 g/mol. The van der Waals surface area contributed by atoms with Crippen LogP contribution >= 0.6 is 0 Å². The molecule has 3 N–H and O–H groups in total. The maximum atomic E-state index is 5.52. The first-order valence-corrected chi connectivity index (χ1v) is 6.09. The molecule has 0 saturated heterocycles. The van der Waals surface area contributed by atoms with Crippen LogP contribution in [0, 0.1) is 0 Å². The van der Waals surface area contributed by atoms with Crippen molar-refractivity contribution < 1.29 is 4.52 Å². The number of nitrogens with one attached hydrogen (secondary N) is 1. The van der Waals surface area contributed by atoms with Crippen LogP contribution in [0.15, 0.2) is 10.6 Å². The van der Waals surface area contributed by atoms with Crippen molar-refractivity contribution in [2.75, 3.05) is 25.4 Å². The molecule has 2 aromatic rings. The quantitative estimate of drug-likeness (QED) is 0.791. The lowest BCUT2D eigenvalue weighted by Gasteiger charge is -2.16. The van der Waals surface area contributed by atoms with E-state index in [1.807, 2.05) is 0 Å². The van der Waals surface area contributed by atoms with Gasteiger partial charge in [0.25, 0.3) is 5.89 Å². The van der Waals surface area contributed by atoms with E-state index in [4.69, 9.17) is 10.3 Å². The standard InChI is InChI=1S/C11H18N6O/c1-3-17(4-2)6-5-10-13-11(18-16-10)8-7-9(12)15-14-8/h7H,3-6H2,1-2H3,(H3,12,14,15). The van der Waals surface area contributed by atoms with Gasteiger partial charge in [-0.25, -0.2) is 0 Å². The Morgan fingerprint density at radius 3 is 2.78 bits per heavy atom. The van der Waals surface area contributed by atoms with Crippen LogP contribution in [0.1, 0.15) is 19.7 Å². The molecule has 0 aliphatic heterocycles. The van der Waals surface area contributed by atoms with E-state index >= 15 is 0 Å². The molecule has 7 nitrogen and oxygen atoms in total. The highest BCUT2D eigenvalue weighted by Crippen LogP contribution is 2.16. The maximum Gasteiger partial charge on any atom is 0.276 e. The molecule has 0 bridgehead atoms. The van der Waals surface area contributed by atoms with Crippen LogP contribution in [-0.2, 0) is 6.42 Å². The molecule has 18 heavy (non-hydrogen) atoms. The molecular weight excluding hydrogens is 232 g/mol. The van der Waals surface area contributed by atoms with Gasteiger partial charge in [-0.2, -0.15) is 10.1 Å². The summed E-state index contributed by atoms with van der Waals surface area (Å²) < 4.78 is 5.16. The highest BCUT2D eigenvalue weighted by atomic mass is 16.5. The minimum atomic E-state index is 0.410. The van der Waals surface area contributed by atoms with E-state index in [2.05, 4.69) is 39.1 Å². The highest BCUT2D eigenvalue weighted by molar-refractivity contribution is 5.51. The molecule has 0 aliphatic carbocycles. The smallest absolute Gasteiger partial charge is 0.276 e. The Balaban J connectivity index is 1.98. The fraction of sp³-hybridized carbons (Fsp3) is 0.545. The van der Waals surface area contributed by atoms with Crippen LogP contribution in [0.4, 0.5) is 5.82 Å². The van der Waals surface area contributed by atoms with E-state index in [-0.39, 0.29) is 0 Å². The van der Waals surface area contributed by atoms with Crippen LogP contribution in [0.2, 0.25) is 0 Å². The molecule has 0 aliphatic rings. The number of nitrogens with zero attached hydrogens (tertiary/aromatic N) is 4. The van der Waals surface area contributed by atoms with Crippen molar-refractivity contribution in [2.24, 2.45) is 0 Å². The lowest BCUT2D eigenvalue weighted by Crippen LogP contribution is -2.25. The number of aromatic amines is 1. The predicted molar refractivity (Wildman–Crippen MR) is 67.8 cm³/mol. The fourth-order valence-corrected chi connectivity index (χ4v) is 1.71. The number of hydrogen-bond donors (Lipinski definition) is 2.